The minimum Gasteiger partial charge on any atom is -0.252 e. The van der Waals surface area contributed by atoms with Gasteiger partial charge >= 0.3 is 0 Å². The summed E-state index contributed by atoms with van der Waals surface area (Å²) in [5, 5.41) is 0. The van der Waals surface area contributed by atoms with Gasteiger partial charge in [0, 0.05) is 12.5 Å². The summed E-state index contributed by atoms with van der Waals surface area (Å²) in [6.07, 6.45) is 3.73. The minimum atomic E-state index is 0.869. The number of para-hydroxylation sites is 2. The fourth-order valence-electron chi connectivity index (χ4n) is 2.34. The monoisotopic (exact) mass is 260 g/mol. The second-order valence-corrected chi connectivity index (χ2v) is 4.78. The van der Waals surface area contributed by atoms with Crippen molar-refractivity contribution in [3.05, 3.63) is 65.7 Å². The van der Waals surface area contributed by atoms with Gasteiger partial charge in [-0.3, -0.25) is 4.99 Å². The third-order valence-corrected chi connectivity index (χ3v) is 3.42. The smallest absolute Gasteiger partial charge is 0.0761 e. The van der Waals surface area contributed by atoms with Crippen molar-refractivity contribution >= 4 is 23.0 Å². The van der Waals surface area contributed by atoms with Gasteiger partial charge in [-0.25, -0.2) is 4.99 Å². The van der Waals surface area contributed by atoms with E-state index in [1.54, 1.807) is 0 Å². The molecule has 20 heavy (non-hydrogen) atoms. The van der Waals surface area contributed by atoms with Crippen molar-refractivity contribution in [2.45, 2.75) is 19.8 Å². The van der Waals surface area contributed by atoms with Crippen LogP contribution in [0.4, 0.5) is 11.4 Å². The molecule has 0 bridgehead atoms. The van der Waals surface area contributed by atoms with Crippen LogP contribution in [0.25, 0.3) is 0 Å². The van der Waals surface area contributed by atoms with E-state index in [1.165, 1.54) is 11.1 Å². The molecule has 0 amide bonds. The molecule has 2 aromatic rings. The highest BCUT2D eigenvalue weighted by molar-refractivity contribution is 6.06. The third kappa shape index (κ3) is 2.61. The SMILES string of the molecule is CCc1ccccc1N=C=CC1=Nc2ccccc2C1. The van der Waals surface area contributed by atoms with Gasteiger partial charge in [0.1, 0.15) is 0 Å². The molecule has 1 aliphatic rings. The molecule has 0 aliphatic carbocycles. The Morgan fingerprint density at radius 2 is 1.95 bits per heavy atom. The van der Waals surface area contributed by atoms with Gasteiger partial charge < -0.3 is 0 Å². The molecule has 0 unspecified atom stereocenters. The lowest BCUT2D eigenvalue weighted by atomic mass is 10.1. The van der Waals surface area contributed by atoms with Gasteiger partial charge in [-0.15, -0.1) is 0 Å². The summed E-state index contributed by atoms with van der Waals surface area (Å²) in [4.78, 5) is 8.98. The fraction of sp³-hybridized carbons (Fsp3) is 0.167. The lowest BCUT2D eigenvalue weighted by molar-refractivity contribution is 1.13. The van der Waals surface area contributed by atoms with Crippen LogP contribution in [-0.2, 0) is 12.8 Å². The molecule has 2 heteroatoms. The molecule has 0 aromatic heterocycles. The lowest BCUT2D eigenvalue weighted by Gasteiger charge is -1.98. The number of hydrogen-bond donors (Lipinski definition) is 0. The zero-order valence-electron chi connectivity index (χ0n) is 11.5. The molecule has 0 radical (unpaired) electrons. The van der Waals surface area contributed by atoms with E-state index < -0.39 is 0 Å². The molecular formula is C18H16N2. The molecule has 0 N–H and O–H groups in total. The van der Waals surface area contributed by atoms with Crippen LogP contribution in [0.2, 0.25) is 0 Å². The first-order chi connectivity index (χ1) is 9.86. The summed E-state index contributed by atoms with van der Waals surface area (Å²) in [5.74, 6) is 3.02. The highest BCUT2D eigenvalue weighted by Crippen LogP contribution is 2.26. The van der Waals surface area contributed by atoms with Crippen LogP contribution in [0.5, 0.6) is 0 Å². The van der Waals surface area contributed by atoms with Gasteiger partial charge in [-0.1, -0.05) is 43.3 Å². The Labute approximate surface area is 119 Å². The Balaban J connectivity index is 1.81. The highest BCUT2D eigenvalue weighted by Gasteiger charge is 2.10. The molecule has 0 fully saturated rings. The molecule has 0 atom stereocenters. The fourth-order valence-corrected chi connectivity index (χ4v) is 2.34. The van der Waals surface area contributed by atoms with Gasteiger partial charge in [0.05, 0.1) is 17.1 Å². The van der Waals surface area contributed by atoms with E-state index in [4.69, 9.17) is 0 Å². The summed E-state index contributed by atoms with van der Waals surface area (Å²) in [5.41, 5.74) is 5.58. The zero-order valence-corrected chi connectivity index (χ0v) is 11.5. The molecule has 1 heterocycles. The van der Waals surface area contributed by atoms with Gasteiger partial charge in [0.25, 0.3) is 0 Å². The Kier molecular flexibility index (Phi) is 3.58. The number of hydrogen-bond acceptors (Lipinski definition) is 2. The van der Waals surface area contributed by atoms with Crippen LogP contribution in [0.15, 0.2) is 64.6 Å². The van der Waals surface area contributed by atoms with E-state index in [0.717, 1.165) is 29.9 Å². The first-order valence-electron chi connectivity index (χ1n) is 6.89. The third-order valence-electron chi connectivity index (χ3n) is 3.42. The van der Waals surface area contributed by atoms with Crippen LogP contribution in [0.3, 0.4) is 0 Å². The van der Waals surface area contributed by atoms with Gasteiger partial charge in [-0.2, -0.15) is 0 Å². The van der Waals surface area contributed by atoms with Crippen LogP contribution < -0.4 is 0 Å². The van der Waals surface area contributed by atoms with Gasteiger partial charge in [-0.05, 0) is 35.6 Å². The molecule has 98 valence electrons. The molecule has 2 nitrogen and oxygen atoms in total. The topological polar surface area (TPSA) is 24.7 Å². The van der Waals surface area contributed by atoms with E-state index in [9.17, 15) is 0 Å². The Morgan fingerprint density at radius 1 is 1.15 bits per heavy atom. The first kappa shape index (κ1) is 12.6. The van der Waals surface area contributed by atoms with E-state index >= 15 is 0 Å². The largest absolute Gasteiger partial charge is 0.252 e. The molecule has 2 aromatic carbocycles. The van der Waals surface area contributed by atoms with Crippen LogP contribution in [0, 0.1) is 0 Å². The van der Waals surface area contributed by atoms with Crippen LogP contribution in [0.1, 0.15) is 18.1 Å². The van der Waals surface area contributed by atoms with Gasteiger partial charge in [0.15, 0.2) is 0 Å². The standard InChI is InChI=1S/C18H16N2/c1-2-14-7-3-5-9-17(14)19-12-11-16-13-15-8-4-6-10-18(15)20-16/h3-11H,2,13H2,1H3. The first-order valence-corrected chi connectivity index (χ1v) is 6.89. The van der Waals surface area contributed by atoms with Crippen molar-refractivity contribution in [2.75, 3.05) is 0 Å². The maximum absolute atomic E-state index is 4.56. The quantitative estimate of drug-likeness (QED) is 0.729. The number of benzene rings is 2. The lowest BCUT2D eigenvalue weighted by Crippen LogP contribution is -1.91. The van der Waals surface area contributed by atoms with Crippen molar-refractivity contribution in [3.8, 4) is 0 Å². The Morgan fingerprint density at radius 3 is 2.80 bits per heavy atom. The zero-order chi connectivity index (χ0) is 13.8. The second kappa shape index (κ2) is 5.68. The van der Waals surface area contributed by atoms with E-state index in [1.807, 2.05) is 42.5 Å². The summed E-state index contributed by atoms with van der Waals surface area (Å²) in [7, 11) is 0. The second-order valence-electron chi connectivity index (χ2n) is 4.78. The predicted molar refractivity (Wildman–Crippen MR) is 84.7 cm³/mol. The highest BCUT2D eigenvalue weighted by atomic mass is 14.8. The molecule has 0 saturated carbocycles. The number of aryl methyl sites for hydroxylation is 1. The van der Waals surface area contributed by atoms with E-state index in [0.29, 0.717) is 0 Å². The Bertz CT molecular complexity index is 720. The molecule has 0 saturated heterocycles. The number of allylic oxidation sites excluding steroid dienone is 1. The summed E-state index contributed by atoms with van der Waals surface area (Å²) < 4.78 is 0. The van der Waals surface area contributed by atoms with Gasteiger partial charge in [0.2, 0.25) is 0 Å². The maximum Gasteiger partial charge on any atom is 0.0761 e. The number of fused-ring (bicyclic) bond motifs is 1. The van der Waals surface area contributed by atoms with Crippen molar-refractivity contribution in [1.29, 1.82) is 0 Å². The van der Waals surface area contributed by atoms with E-state index in [2.05, 4.69) is 34.9 Å². The maximum atomic E-state index is 4.56. The van der Waals surface area contributed by atoms with Crippen LogP contribution >= 0.6 is 0 Å². The average molecular weight is 260 g/mol. The molecule has 0 spiro atoms. The van der Waals surface area contributed by atoms with Crippen LogP contribution in [-0.4, -0.2) is 11.6 Å². The summed E-state index contributed by atoms with van der Waals surface area (Å²) in [6, 6.07) is 16.4. The minimum absolute atomic E-state index is 0.869. The van der Waals surface area contributed by atoms with Crippen molar-refractivity contribution in [3.63, 3.8) is 0 Å². The van der Waals surface area contributed by atoms with Crippen molar-refractivity contribution < 1.29 is 0 Å². The molecule has 3 rings (SSSR count). The number of nitrogens with zero attached hydrogens (tertiary/aromatic N) is 2. The van der Waals surface area contributed by atoms with E-state index in [-0.39, 0.29) is 0 Å². The molecular weight excluding hydrogens is 244 g/mol. The summed E-state index contributed by atoms with van der Waals surface area (Å²) >= 11 is 0. The van der Waals surface area contributed by atoms with Crippen molar-refractivity contribution in [1.82, 2.24) is 0 Å². The number of aliphatic imine (C=N–C) groups is 2. The Hall–Kier alpha value is -2.44. The normalized spacial score (nSPS) is 12.3. The van der Waals surface area contributed by atoms with Crippen molar-refractivity contribution in [2.24, 2.45) is 9.98 Å². The molecule has 1 aliphatic heterocycles. The predicted octanol–water partition coefficient (Wildman–Crippen LogP) is 4.44. The summed E-state index contributed by atoms with van der Waals surface area (Å²) in [6.45, 7) is 2.13. The average Bonchev–Trinajstić information content (AvgIpc) is 2.90. The number of rotatable bonds is 3.